The molecule has 0 aromatic carbocycles. The van der Waals surface area contributed by atoms with E-state index in [1.54, 1.807) is 6.08 Å². The number of hydrogen-bond donors (Lipinski definition) is 2. The number of rotatable bonds is 3. The van der Waals surface area contributed by atoms with Gasteiger partial charge in [0.25, 0.3) is 0 Å². The van der Waals surface area contributed by atoms with Gasteiger partial charge in [-0.1, -0.05) is 20.8 Å². The predicted molar refractivity (Wildman–Crippen MR) is 75.1 cm³/mol. The third-order valence-corrected chi connectivity index (χ3v) is 2.25. The maximum atomic E-state index is 11.5. The van der Waals surface area contributed by atoms with Crippen LogP contribution in [0.25, 0.3) is 0 Å². The van der Waals surface area contributed by atoms with E-state index in [0.29, 0.717) is 5.92 Å². The number of allylic oxidation sites excluding steroid dienone is 1. The van der Waals surface area contributed by atoms with Gasteiger partial charge in [0.05, 0.1) is 5.71 Å². The SMILES string of the molecule is C/C(=C\C(=O)NC(C)C)C1=NNCC1C.CC.[HH]. The molecule has 0 spiro atoms. The zero-order chi connectivity index (χ0) is 13.4. The molecule has 4 nitrogen and oxygen atoms in total. The molecule has 1 aliphatic heterocycles. The van der Waals surface area contributed by atoms with Crippen LogP contribution in [0.3, 0.4) is 0 Å². The Morgan fingerprint density at radius 3 is 2.59 bits per heavy atom. The van der Waals surface area contributed by atoms with Crippen LogP contribution in [0.5, 0.6) is 0 Å². The molecule has 1 atom stereocenters. The Kier molecular flexibility index (Phi) is 7.26. The van der Waals surface area contributed by atoms with Crippen LogP contribution < -0.4 is 10.7 Å². The van der Waals surface area contributed by atoms with Gasteiger partial charge in [0.15, 0.2) is 0 Å². The summed E-state index contributed by atoms with van der Waals surface area (Å²) in [5.74, 6) is 0.331. The molecule has 0 saturated carbocycles. The summed E-state index contributed by atoms with van der Waals surface area (Å²) >= 11 is 0. The molecule has 0 fully saturated rings. The fourth-order valence-corrected chi connectivity index (χ4v) is 1.55. The van der Waals surface area contributed by atoms with Gasteiger partial charge in [0.2, 0.25) is 5.91 Å². The van der Waals surface area contributed by atoms with Crippen LogP contribution in [0.2, 0.25) is 0 Å². The van der Waals surface area contributed by atoms with Gasteiger partial charge in [-0.05, 0) is 26.3 Å². The first-order chi connectivity index (χ1) is 8.00. The van der Waals surface area contributed by atoms with Crippen molar-refractivity contribution in [2.75, 3.05) is 6.54 Å². The van der Waals surface area contributed by atoms with Crippen molar-refractivity contribution in [3.8, 4) is 0 Å². The van der Waals surface area contributed by atoms with Crippen molar-refractivity contribution in [3.05, 3.63) is 11.6 Å². The Bertz CT molecular complexity index is 311. The van der Waals surface area contributed by atoms with Crippen LogP contribution in [0.4, 0.5) is 0 Å². The highest BCUT2D eigenvalue weighted by atomic mass is 16.1. The third kappa shape index (κ3) is 5.52. The number of nitrogens with one attached hydrogen (secondary N) is 2. The van der Waals surface area contributed by atoms with Crippen LogP contribution in [-0.2, 0) is 4.79 Å². The lowest BCUT2D eigenvalue weighted by Gasteiger charge is -2.08. The van der Waals surface area contributed by atoms with E-state index in [1.165, 1.54) is 0 Å². The fourth-order valence-electron chi connectivity index (χ4n) is 1.55. The Morgan fingerprint density at radius 1 is 1.59 bits per heavy atom. The molecule has 0 saturated heterocycles. The molecule has 2 N–H and O–H groups in total. The van der Waals surface area contributed by atoms with Crippen LogP contribution in [0, 0.1) is 5.92 Å². The van der Waals surface area contributed by atoms with Crippen LogP contribution in [0.1, 0.15) is 43.0 Å². The van der Waals surface area contributed by atoms with E-state index in [-0.39, 0.29) is 13.4 Å². The maximum Gasteiger partial charge on any atom is 0.244 e. The molecule has 0 aliphatic carbocycles. The molecule has 0 radical (unpaired) electrons. The molecule has 1 rings (SSSR count). The summed E-state index contributed by atoms with van der Waals surface area (Å²) in [7, 11) is 0. The summed E-state index contributed by atoms with van der Waals surface area (Å²) in [6.45, 7) is 12.8. The minimum Gasteiger partial charge on any atom is -0.350 e. The van der Waals surface area contributed by atoms with Crippen molar-refractivity contribution in [1.82, 2.24) is 10.7 Å². The Balaban J connectivity index is 0. The van der Waals surface area contributed by atoms with Crippen LogP contribution in [-0.4, -0.2) is 24.2 Å². The second-order valence-corrected chi connectivity index (χ2v) is 4.25. The van der Waals surface area contributed by atoms with Gasteiger partial charge < -0.3 is 10.7 Å². The highest BCUT2D eigenvalue weighted by molar-refractivity contribution is 6.06. The molecule has 4 heteroatoms. The largest absolute Gasteiger partial charge is 0.350 e. The Labute approximate surface area is 106 Å². The minimum atomic E-state index is -0.0516. The summed E-state index contributed by atoms with van der Waals surface area (Å²) in [4.78, 5) is 11.5. The van der Waals surface area contributed by atoms with E-state index in [4.69, 9.17) is 0 Å². The highest BCUT2D eigenvalue weighted by Gasteiger charge is 2.18. The first-order valence-corrected chi connectivity index (χ1v) is 6.30. The molecular weight excluding hydrogens is 214 g/mol. The van der Waals surface area contributed by atoms with Gasteiger partial charge in [0, 0.05) is 26.0 Å². The summed E-state index contributed by atoms with van der Waals surface area (Å²) in [5, 5.41) is 6.99. The summed E-state index contributed by atoms with van der Waals surface area (Å²) in [6.07, 6.45) is 1.61. The van der Waals surface area contributed by atoms with Crippen molar-refractivity contribution in [2.45, 2.75) is 47.6 Å². The molecule has 1 aliphatic rings. The van der Waals surface area contributed by atoms with Gasteiger partial charge >= 0.3 is 0 Å². The molecule has 0 aromatic heterocycles. The monoisotopic (exact) mass is 241 g/mol. The third-order valence-electron chi connectivity index (χ3n) is 2.25. The van der Waals surface area contributed by atoms with Gasteiger partial charge in [-0.15, -0.1) is 0 Å². The average molecular weight is 241 g/mol. The van der Waals surface area contributed by atoms with Crippen molar-refractivity contribution >= 4 is 11.6 Å². The number of hydrazone groups is 1. The van der Waals surface area contributed by atoms with Gasteiger partial charge in [-0.25, -0.2) is 0 Å². The van der Waals surface area contributed by atoms with Gasteiger partial charge in [-0.3, -0.25) is 4.79 Å². The molecule has 0 aromatic rings. The van der Waals surface area contributed by atoms with Crippen LogP contribution >= 0.6 is 0 Å². The van der Waals surface area contributed by atoms with E-state index >= 15 is 0 Å². The van der Waals surface area contributed by atoms with Crippen molar-refractivity contribution < 1.29 is 6.22 Å². The summed E-state index contributed by atoms with van der Waals surface area (Å²) < 4.78 is 0. The molecular formula is C13H27N3O. The number of hydrogen-bond acceptors (Lipinski definition) is 3. The first kappa shape index (κ1) is 15.7. The molecule has 1 unspecified atom stereocenters. The van der Waals surface area contributed by atoms with Crippen LogP contribution in [0.15, 0.2) is 16.8 Å². The topological polar surface area (TPSA) is 53.5 Å². The maximum absolute atomic E-state index is 11.5. The molecule has 100 valence electrons. The lowest BCUT2D eigenvalue weighted by Crippen LogP contribution is -2.29. The van der Waals surface area contributed by atoms with Crippen molar-refractivity contribution in [3.63, 3.8) is 0 Å². The Morgan fingerprint density at radius 2 is 2.18 bits per heavy atom. The summed E-state index contributed by atoms with van der Waals surface area (Å²) in [6, 6.07) is 0.169. The normalized spacial score (nSPS) is 19.1. The number of nitrogens with zero attached hydrogens (tertiary/aromatic N) is 1. The lowest BCUT2D eigenvalue weighted by molar-refractivity contribution is -0.117. The van der Waals surface area contributed by atoms with E-state index in [1.807, 2.05) is 34.6 Å². The predicted octanol–water partition coefficient (Wildman–Crippen LogP) is 2.32. The van der Waals surface area contributed by atoms with E-state index < -0.39 is 0 Å². The van der Waals surface area contributed by atoms with Crippen molar-refractivity contribution in [2.24, 2.45) is 11.0 Å². The molecule has 17 heavy (non-hydrogen) atoms. The number of carbonyl (C=O) groups is 1. The fraction of sp³-hybridized carbons (Fsp3) is 0.692. The zero-order valence-electron chi connectivity index (χ0n) is 11.8. The van der Waals surface area contributed by atoms with Gasteiger partial charge in [-0.2, -0.15) is 5.10 Å². The number of amides is 1. The van der Waals surface area contributed by atoms with Gasteiger partial charge in [0.1, 0.15) is 0 Å². The lowest BCUT2D eigenvalue weighted by atomic mass is 10.0. The van der Waals surface area contributed by atoms with E-state index in [9.17, 15) is 4.79 Å². The second-order valence-electron chi connectivity index (χ2n) is 4.25. The standard InChI is InChI=1S/C11H19N3O.C2H6.H2/c1-7(2)13-10(15)5-8(3)11-9(4)6-12-14-11;1-2;/h5,7,9,12H,6H2,1-4H3,(H,13,15);1-2H3;1H/b8-5+;;. The highest BCUT2D eigenvalue weighted by Crippen LogP contribution is 2.11. The van der Waals surface area contributed by atoms with E-state index in [2.05, 4.69) is 22.8 Å². The minimum absolute atomic E-state index is 0. The number of carbonyl (C=O) groups excluding carboxylic acids is 1. The quantitative estimate of drug-likeness (QED) is 0.745. The smallest absolute Gasteiger partial charge is 0.244 e. The zero-order valence-corrected chi connectivity index (χ0v) is 11.8. The van der Waals surface area contributed by atoms with E-state index in [0.717, 1.165) is 17.8 Å². The Hall–Kier alpha value is -1.32. The molecule has 1 amide bonds. The average Bonchev–Trinajstić information content (AvgIpc) is 2.66. The second kappa shape index (κ2) is 7.87. The summed E-state index contributed by atoms with van der Waals surface area (Å²) in [5.41, 5.74) is 4.85. The first-order valence-electron chi connectivity index (χ1n) is 6.30. The molecule has 0 bridgehead atoms. The molecule has 1 heterocycles. The van der Waals surface area contributed by atoms with Crippen molar-refractivity contribution in [1.29, 1.82) is 0 Å².